The SMILES string of the molecule is CCC(NC(=O)N1CCN(CC2CCCO2)CC1)c1cccs1. The monoisotopic (exact) mass is 337 g/mol. The van der Waals surface area contributed by atoms with Gasteiger partial charge in [-0.15, -0.1) is 11.3 Å². The molecule has 0 aliphatic carbocycles. The van der Waals surface area contributed by atoms with Gasteiger partial charge < -0.3 is 15.0 Å². The van der Waals surface area contributed by atoms with Crippen molar-refractivity contribution in [1.82, 2.24) is 15.1 Å². The number of rotatable bonds is 5. The van der Waals surface area contributed by atoms with Gasteiger partial charge in [-0.3, -0.25) is 4.90 Å². The Hall–Kier alpha value is -1.11. The van der Waals surface area contributed by atoms with E-state index >= 15 is 0 Å². The largest absolute Gasteiger partial charge is 0.377 e. The zero-order valence-electron chi connectivity index (χ0n) is 13.9. The highest BCUT2D eigenvalue weighted by Crippen LogP contribution is 2.22. The van der Waals surface area contributed by atoms with Gasteiger partial charge in [-0.05, 0) is 30.7 Å². The third-order valence-corrected chi connectivity index (χ3v) is 5.72. The number of thiophene rings is 1. The summed E-state index contributed by atoms with van der Waals surface area (Å²) in [6, 6.07) is 4.34. The second kappa shape index (κ2) is 8.13. The van der Waals surface area contributed by atoms with Crippen molar-refractivity contribution in [2.24, 2.45) is 0 Å². The average Bonchev–Trinajstić information content (AvgIpc) is 3.26. The number of ether oxygens (including phenoxy) is 1. The van der Waals surface area contributed by atoms with Crippen LogP contribution in [0.1, 0.15) is 37.1 Å². The predicted octanol–water partition coefficient (Wildman–Crippen LogP) is 2.71. The molecule has 0 saturated carbocycles. The van der Waals surface area contributed by atoms with Crippen LogP contribution in [0.15, 0.2) is 17.5 Å². The van der Waals surface area contributed by atoms with Crippen molar-refractivity contribution in [2.75, 3.05) is 39.3 Å². The highest BCUT2D eigenvalue weighted by Gasteiger charge is 2.26. The van der Waals surface area contributed by atoms with Gasteiger partial charge >= 0.3 is 6.03 Å². The molecule has 2 amide bonds. The molecule has 1 aromatic rings. The quantitative estimate of drug-likeness (QED) is 0.898. The third-order valence-electron chi connectivity index (χ3n) is 4.74. The lowest BCUT2D eigenvalue weighted by molar-refractivity contribution is 0.0558. The van der Waals surface area contributed by atoms with Gasteiger partial charge in [-0.1, -0.05) is 13.0 Å². The van der Waals surface area contributed by atoms with E-state index < -0.39 is 0 Å². The van der Waals surface area contributed by atoms with Gasteiger partial charge in [0.15, 0.2) is 0 Å². The zero-order valence-corrected chi connectivity index (χ0v) is 14.7. The first-order valence-electron chi connectivity index (χ1n) is 8.69. The molecule has 3 heterocycles. The van der Waals surface area contributed by atoms with Crippen molar-refractivity contribution in [2.45, 2.75) is 38.3 Å². The van der Waals surface area contributed by atoms with Crippen LogP contribution < -0.4 is 5.32 Å². The van der Waals surface area contributed by atoms with Crippen molar-refractivity contribution < 1.29 is 9.53 Å². The average molecular weight is 337 g/mol. The molecular formula is C17H27N3O2S. The van der Waals surface area contributed by atoms with E-state index in [2.05, 4.69) is 28.6 Å². The Bertz CT molecular complexity index is 480. The molecule has 2 unspecified atom stereocenters. The van der Waals surface area contributed by atoms with Crippen LogP contribution >= 0.6 is 11.3 Å². The minimum Gasteiger partial charge on any atom is -0.377 e. The normalized spacial score (nSPS) is 23.9. The fraction of sp³-hybridized carbons (Fsp3) is 0.706. The lowest BCUT2D eigenvalue weighted by Gasteiger charge is -2.36. The molecule has 1 aromatic heterocycles. The predicted molar refractivity (Wildman–Crippen MR) is 92.9 cm³/mol. The Kier molecular flexibility index (Phi) is 5.91. The molecule has 1 N–H and O–H groups in total. The summed E-state index contributed by atoms with van der Waals surface area (Å²) < 4.78 is 5.71. The number of urea groups is 1. The fourth-order valence-corrected chi connectivity index (χ4v) is 4.18. The number of carbonyl (C=O) groups is 1. The van der Waals surface area contributed by atoms with Gasteiger partial charge in [-0.2, -0.15) is 0 Å². The van der Waals surface area contributed by atoms with Crippen molar-refractivity contribution in [1.29, 1.82) is 0 Å². The van der Waals surface area contributed by atoms with Gasteiger partial charge in [0.1, 0.15) is 0 Å². The highest BCUT2D eigenvalue weighted by molar-refractivity contribution is 7.10. The molecule has 3 rings (SSSR count). The van der Waals surface area contributed by atoms with Crippen LogP contribution in [0.5, 0.6) is 0 Å². The van der Waals surface area contributed by atoms with Crippen LogP contribution in [0, 0.1) is 0 Å². The zero-order chi connectivity index (χ0) is 16.1. The van der Waals surface area contributed by atoms with Crippen molar-refractivity contribution in [3.8, 4) is 0 Å². The maximum absolute atomic E-state index is 12.5. The van der Waals surface area contributed by atoms with E-state index in [0.717, 1.165) is 45.8 Å². The summed E-state index contributed by atoms with van der Waals surface area (Å²) in [7, 11) is 0. The van der Waals surface area contributed by atoms with Crippen LogP contribution in [-0.2, 0) is 4.74 Å². The summed E-state index contributed by atoms with van der Waals surface area (Å²) in [5.41, 5.74) is 0. The number of hydrogen-bond acceptors (Lipinski definition) is 4. The molecule has 128 valence electrons. The number of nitrogens with zero attached hydrogens (tertiary/aromatic N) is 2. The molecular weight excluding hydrogens is 310 g/mol. The first-order valence-corrected chi connectivity index (χ1v) is 9.57. The third kappa shape index (κ3) is 4.46. The van der Waals surface area contributed by atoms with E-state index in [9.17, 15) is 4.79 Å². The van der Waals surface area contributed by atoms with Gasteiger partial charge in [0.2, 0.25) is 0 Å². The Balaban J connectivity index is 1.44. The molecule has 0 radical (unpaired) electrons. The molecule has 6 heteroatoms. The number of amides is 2. The van der Waals surface area contributed by atoms with E-state index in [1.807, 2.05) is 11.0 Å². The molecule has 2 aliphatic heterocycles. The van der Waals surface area contributed by atoms with Crippen molar-refractivity contribution in [3.63, 3.8) is 0 Å². The van der Waals surface area contributed by atoms with E-state index in [1.165, 1.54) is 17.7 Å². The smallest absolute Gasteiger partial charge is 0.317 e. The lowest BCUT2D eigenvalue weighted by atomic mass is 10.2. The molecule has 23 heavy (non-hydrogen) atoms. The summed E-state index contributed by atoms with van der Waals surface area (Å²) in [5.74, 6) is 0. The van der Waals surface area contributed by atoms with Crippen LogP contribution in [-0.4, -0.2) is 61.3 Å². The number of hydrogen-bond donors (Lipinski definition) is 1. The number of piperazine rings is 1. The first kappa shape index (κ1) is 16.7. The van der Waals surface area contributed by atoms with Gasteiger partial charge in [0, 0.05) is 44.2 Å². The van der Waals surface area contributed by atoms with Gasteiger partial charge in [0.25, 0.3) is 0 Å². The van der Waals surface area contributed by atoms with E-state index in [1.54, 1.807) is 11.3 Å². The minimum atomic E-state index is 0.0713. The molecule has 0 bridgehead atoms. The van der Waals surface area contributed by atoms with E-state index in [-0.39, 0.29) is 12.1 Å². The Morgan fingerprint density at radius 1 is 1.43 bits per heavy atom. The Morgan fingerprint density at radius 2 is 2.26 bits per heavy atom. The van der Waals surface area contributed by atoms with Crippen molar-refractivity contribution >= 4 is 17.4 Å². The van der Waals surface area contributed by atoms with Crippen LogP contribution in [0.4, 0.5) is 4.79 Å². The second-order valence-electron chi connectivity index (χ2n) is 6.35. The molecule has 0 aromatic carbocycles. The van der Waals surface area contributed by atoms with Gasteiger partial charge in [-0.25, -0.2) is 4.79 Å². The molecule has 5 nitrogen and oxygen atoms in total. The van der Waals surface area contributed by atoms with Crippen LogP contribution in [0.25, 0.3) is 0 Å². The lowest BCUT2D eigenvalue weighted by Crippen LogP contribution is -2.53. The van der Waals surface area contributed by atoms with Crippen LogP contribution in [0.3, 0.4) is 0 Å². The molecule has 2 aliphatic rings. The molecule has 2 saturated heterocycles. The summed E-state index contributed by atoms with van der Waals surface area (Å²) in [6.45, 7) is 7.55. The number of carbonyl (C=O) groups excluding carboxylic acids is 1. The second-order valence-corrected chi connectivity index (χ2v) is 7.33. The first-order chi connectivity index (χ1) is 11.3. The topological polar surface area (TPSA) is 44.8 Å². The molecule has 0 spiro atoms. The highest BCUT2D eigenvalue weighted by atomic mass is 32.1. The van der Waals surface area contributed by atoms with E-state index in [0.29, 0.717) is 6.10 Å². The van der Waals surface area contributed by atoms with Crippen molar-refractivity contribution in [3.05, 3.63) is 22.4 Å². The maximum Gasteiger partial charge on any atom is 0.317 e. The standard InChI is InChI=1S/C17H27N3O2S/c1-2-15(16-6-4-12-23-16)18-17(21)20-9-7-19(8-10-20)13-14-5-3-11-22-14/h4,6,12,14-15H,2-3,5,7-11,13H2,1H3,(H,18,21). The molecule has 2 atom stereocenters. The van der Waals surface area contributed by atoms with Crippen LogP contribution in [0.2, 0.25) is 0 Å². The maximum atomic E-state index is 12.5. The molecule has 2 fully saturated rings. The van der Waals surface area contributed by atoms with E-state index in [4.69, 9.17) is 4.74 Å². The van der Waals surface area contributed by atoms with Gasteiger partial charge in [0.05, 0.1) is 12.1 Å². The summed E-state index contributed by atoms with van der Waals surface area (Å²) in [4.78, 5) is 18.1. The number of nitrogens with one attached hydrogen (secondary N) is 1. The summed E-state index contributed by atoms with van der Waals surface area (Å²) in [5, 5.41) is 5.24. The Morgan fingerprint density at radius 3 is 2.87 bits per heavy atom. The fourth-order valence-electron chi connectivity index (χ4n) is 3.31. The Labute approximate surface area is 142 Å². The summed E-state index contributed by atoms with van der Waals surface area (Å²) in [6.07, 6.45) is 3.69. The minimum absolute atomic E-state index is 0.0713. The summed E-state index contributed by atoms with van der Waals surface area (Å²) >= 11 is 1.71.